The van der Waals surface area contributed by atoms with E-state index < -0.39 is 0 Å². The number of aromatic nitrogens is 1. The van der Waals surface area contributed by atoms with Crippen LogP contribution in [0.5, 0.6) is 11.5 Å². The Kier molecular flexibility index (Phi) is 6.25. The molecule has 0 atom stereocenters. The predicted octanol–water partition coefficient (Wildman–Crippen LogP) is 3.03. The van der Waals surface area contributed by atoms with E-state index in [9.17, 15) is 9.59 Å². The number of pyridine rings is 1. The Morgan fingerprint density at radius 2 is 1.93 bits per heavy atom. The lowest BCUT2D eigenvalue weighted by Crippen LogP contribution is -2.27. The Balaban J connectivity index is 1.75. The number of hydrogen-bond acceptors (Lipinski definition) is 5. The molecule has 0 aliphatic carbocycles. The van der Waals surface area contributed by atoms with Gasteiger partial charge in [0.15, 0.2) is 17.2 Å². The Labute approximate surface area is 158 Å². The molecule has 7 heteroatoms. The van der Waals surface area contributed by atoms with Gasteiger partial charge in [0.2, 0.25) is 0 Å². The zero-order valence-electron chi connectivity index (χ0n) is 15.3. The van der Waals surface area contributed by atoms with Crippen LogP contribution in [0.3, 0.4) is 0 Å². The molecule has 1 aliphatic heterocycles. The first-order valence-electron chi connectivity index (χ1n) is 9.14. The first kappa shape index (κ1) is 18.7. The molecule has 27 heavy (non-hydrogen) atoms. The van der Waals surface area contributed by atoms with E-state index in [0.29, 0.717) is 42.5 Å². The zero-order valence-corrected chi connectivity index (χ0v) is 15.3. The maximum Gasteiger partial charge on any atom is 0.272 e. The molecule has 3 rings (SSSR count). The maximum absolute atomic E-state index is 12.8. The molecule has 0 fully saturated rings. The van der Waals surface area contributed by atoms with Crippen LogP contribution in [0.1, 0.15) is 47.0 Å². The molecule has 0 saturated heterocycles. The fraction of sp³-hybridized carbons (Fsp3) is 0.350. The minimum absolute atomic E-state index is 0.185. The minimum atomic E-state index is -0.384. The van der Waals surface area contributed by atoms with Crippen LogP contribution in [0.4, 0.5) is 5.69 Å². The largest absolute Gasteiger partial charge is 0.486 e. The van der Waals surface area contributed by atoms with Crippen LogP contribution < -0.4 is 20.1 Å². The van der Waals surface area contributed by atoms with E-state index >= 15 is 0 Å². The van der Waals surface area contributed by atoms with Crippen LogP contribution in [-0.2, 0) is 0 Å². The van der Waals surface area contributed by atoms with Crippen LogP contribution in [0.2, 0.25) is 0 Å². The Bertz CT molecular complexity index is 823. The lowest BCUT2D eigenvalue weighted by atomic mass is 10.1. The standard InChI is InChI=1S/C20H23N3O4/c1-2-3-4-10-22-20(25)17-15(8-6-11-21-17)23-19(24)14-7-5-9-16-18(14)27-13-12-26-16/h5-9,11H,2-4,10,12-13H2,1H3,(H,22,25)(H,23,24). The predicted molar refractivity (Wildman–Crippen MR) is 101 cm³/mol. The molecular weight excluding hydrogens is 346 g/mol. The van der Waals surface area contributed by atoms with E-state index in [0.717, 1.165) is 19.3 Å². The van der Waals surface area contributed by atoms with Crippen LogP contribution >= 0.6 is 0 Å². The van der Waals surface area contributed by atoms with Gasteiger partial charge in [0, 0.05) is 12.7 Å². The molecule has 1 aromatic carbocycles. The van der Waals surface area contributed by atoms with Gasteiger partial charge >= 0.3 is 0 Å². The number of unbranched alkanes of at least 4 members (excludes halogenated alkanes) is 2. The van der Waals surface area contributed by atoms with Gasteiger partial charge in [-0.2, -0.15) is 0 Å². The number of carbonyl (C=O) groups excluding carboxylic acids is 2. The SMILES string of the molecule is CCCCCNC(=O)c1ncccc1NC(=O)c1cccc2c1OCCO2. The minimum Gasteiger partial charge on any atom is -0.486 e. The van der Waals surface area contributed by atoms with E-state index in [1.54, 1.807) is 30.3 Å². The molecule has 1 aliphatic rings. The van der Waals surface area contributed by atoms with Gasteiger partial charge in [0.05, 0.1) is 11.3 Å². The normalized spacial score (nSPS) is 12.3. The highest BCUT2D eigenvalue weighted by Crippen LogP contribution is 2.34. The third kappa shape index (κ3) is 4.55. The third-order valence-electron chi connectivity index (χ3n) is 4.15. The van der Waals surface area contributed by atoms with Crippen molar-refractivity contribution in [1.82, 2.24) is 10.3 Å². The smallest absolute Gasteiger partial charge is 0.272 e. The van der Waals surface area contributed by atoms with Gasteiger partial charge in [-0.15, -0.1) is 0 Å². The molecule has 1 aromatic heterocycles. The molecule has 0 bridgehead atoms. The summed E-state index contributed by atoms with van der Waals surface area (Å²) in [6.45, 7) is 3.51. The second-order valence-electron chi connectivity index (χ2n) is 6.15. The highest BCUT2D eigenvalue weighted by Gasteiger charge is 2.22. The molecule has 0 radical (unpaired) electrons. The van der Waals surface area contributed by atoms with Gasteiger partial charge in [-0.25, -0.2) is 4.98 Å². The number of nitrogens with zero attached hydrogens (tertiary/aromatic N) is 1. The van der Waals surface area contributed by atoms with Crippen molar-refractivity contribution >= 4 is 17.5 Å². The molecule has 2 aromatic rings. The average molecular weight is 369 g/mol. The number of para-hydroxylation sites is 1. The molecule has 0 unspecified atom stereocenters. The van der Waals surface area contributed by atoms with Gasteiger partial charge in [-0.3, -0.25) is 9.59 Å². The van der Waals surface area contributed by atoms with Crippen molar-refractivity contribution in [3.63, 3.8) is 0 Å². The lowest BCUT2D eigenvalue weighted by molar-refractivity contribution is 0.0949. The van der Waals surface area contributed by atoms with Crippen molar-refractivity contribution in [1.29, 1.82) is 0 Å². The topological polar surface area (TPSA) is 89.6 Å². The summed E-state index contributed by atoms with van der Waals surface area (Å²) in [5.74, 6) is 0.256. The first-order chi connectivity index (χ1) is 13.2. The van der Waals surface area contributed by atoms with Gasteiger partial charge < -0.3 is 20.1 Å². The summed E-state index contributed by atoms with van der Waals surface area (Å²) in [7, 11) is 0. The van der Waals surface area contributed by atoms with Gasteiger partial charge in [-0.1, -0.05) is 25.8 Å². The second-order valence-corrected chi connectivity index (χ2v) is 6.15. The van der Waals surface area contributed by atoms with Crippen molar-refractivity contribution in [2.45, 2.75) is 26.2 Å². The monoisotopic (exact) mass is 369 g/mol. The number of fused-ring (bicyclic) bond motifs is 1. The number of ether oxygens (including phenoxy) is 2. The summed E-state index contributed by atoms with van der Waals surface area (Å²) in [5.41, 5.74) is 0.888. The molecule has 0 saturated carbocycles. The molecule has 2 amide bonds. The van der Waals surface area contributed by atoms with Gasteiger partial charge in [-0.05, 0) is 30.7 Å². The van der Waals surface area contributed by atoms with Crippen molar-refractivity contribution < 1.29 is 19.1 Å². The number of hydrogen-bond donors (Lipinski definition) is 2. The summed E-state index contributed by atoms with van der Waals surface area (Å²) < 4.78 is 11.1. The van der Waals surface area contributed by atoms with Crippen LogP contribution in [0, 0.1) is 0 Å². The van der Waals surface area contributed by atoms with E-state index in [4.69, 9.17) is 9.47 Å². The van der Waals surface area contributed by atoms with E-state index in [1.807, 2.05) is 0 Å². The molecule has 2 N–H and O–H groups in total. The summed E-state index contributed by atoms with van der Waals surface area (Å²) in [6.07, 6.45) is 4.56. The Hall–Kier alpha value is -3.09. The Morgan fingerprint density at radius 3 is 2.78 bits per heavy atom. The summed E-state index contributed by atoms with van der Waals surface area (Å²) in [6, 6.07) is 8.46. The zero-order chi connectivity index (χ0) is 19.1. The second kappa shape index (κ2) is 9.02. The van der Waals surface area contributed by atoms with Crippen LogP contribution in [-0.4, -0.2) is 36.6 Å². The first-order valence-corrected chi connectivity index (χ1v) is 9.14. The fourth-order valence-electron chi connectivity index (χ4n) is 2.79. The summed E-state index contributed by atoms with van der Waals surface area (Å²) in [4.78, 5) is 29.3. The highest BCUT2D eigenvalue weighted by molar-refractivity contribution is 6.09. The number of benzene rings is 1. The van der Waals surface area contributed by atoms with E-state index in [-0.39, 0.29) is 17.5 Å². The molecule has 2 heterocycles. The number of nitrogens with one attached hydrogen (secondary N) is 2. The lowest BCUT2D eigenvalue weighted by Gasteiger charge is -2.20. The highest BCUT2D eigenvalue weighted by atomic mass is 16.6. The van der Waals surface area contributed by atoms with E-state index in [2.05, 4.69) is 22.5 Å². The van der Waals surface area contributed by atoms with Crippen LogP contribution in [0.25, 0.3) is 0 Å². The molecule has 0 spiro atoms. The van der Waals surface area contributed by atoms with E-state index in [1.165, 1.54) is 6.20 Å². The molecular formula is C20H23N3O4. The maximum atomic E-state index is 12.8. The third-order valence-corrected chi connectivity index (χ3v) is 4.15. The summed E-state index contributed by atoms with van der Waals surface area (Å²) in [5, 5.41) is 5.60. The van der Waals surface area contributed by atoms with Crippen molar-refractivity contribution in [3.8, 4) is 11.5 Å². The molecule has 7 nitrogen and oxygen atoms in total. The average Bonchev–Trinajstić information content (AvgIpc) is 2.71. The van der Waals surface area contributed by atoms with Crippen molar-refractivity contribution in [3.05, 3.63) is 47.8 Å². The quantitative estimate of drug-likeness (QED) is 0.732. The Morgan fingerprint density at radius 1 is 1.07 bits per heavy atom. The number of amides is 2. The molecule has 142 valence electrons. The van der Waals surface area contributed by atoms with Crippen LogP contribution in [0.15, 0.2) is 36.5 Å². The number of rotatable bonds is 7. The van der Waals surface area contributed by atoms with Gasteiger partial charge in [0.1, 0.15) is 13.2 Å². The van der Waals surface area contributed by atoms with Crippen molar-refractivity contribution in [2.24, 2.45) is 0 Å². The number of anilines is 1. The fourth-order valence-corrected chi connectivity index (χ4v) is 2.79. The van der Waals surface area contributed by atoms with Gasteiger partial charge in [0.25, 0.3) is 11.8 Å². The number of carbonyl (C=O) groups is 2. The summed E-state index contributed by atoms with van der Waals surface area (Å²) >= 11 is 0. The van der Waals surface area contributed by atoms with Crippen molar-refractivity contribution in [2.75, 3.05) is 25.1 Å².